The molecule has 0 aliphatic carbocycles. The zero-order valence-electron chi connectivity index (χ0n) is 11.0. The summed E-state index contributed by atoms with van der Waals surface area (Å²) in [4.78, 5) is 24.0. The molecular weight excluding hydrogens is 248 g/mol. The van der Waals surface area contributed by atoms with Gasteiger partial charge in [-0.3, -0.25) is 10.1 Å². The summed E-state index contributed by atoms with van der Waals surface area (Å²) in [6.07, 6.45) is 1.67. The van der Waals surface area contributed by atoms with E-state index in [9.17, 15) is 14.9 Å². The number of hydrogen-bond donors (Lipinski definition) is 0. The topological polar surface area (TPSA) is 72.7 Å². The number of carbonyl (C=O) groups excluding carboxylic acids is 1. The number of ether oxygens (including phenoxy) is 1. The summed E-state index contributed by atoms with van der Waals surface area (Å²) < 4.78 is 4.80. The highest BCUT2D eigenvalue weighted by molar-refractivity contribution is 5.81. The van der Waals surface area contributed by atoms with Crippen LogP contribution in [0.25, 0.3) is 0 Å². The fourth-order valence-corrected chi connectivity index (χ4v) is 2.51. The average Bonchev–Trinajstić information content (AvgIpc) is 2.86. The molecule has 102 valence electrons. The second kappa shape index (κ2) is 5.26. The number of carbonyl (C=O) groups is 1. The third-order valence-corrected chi connectivity index (χ3v) is 3.43. The van der Waals surface area contributed by atoms with Crippen molar-refractivity contribution >= 4 is 17.3 Å². The van der Waals surface area contributed by atoms with Crippen LogP contribution in [0.15, 0.2) is 18.2 Å². The number of nitro benzene ring substituents is 1. The molecule has 0 radical (unpaired) electrons. The zero-order valence-corrected chi connectivity index (χ0v) is 11.0. The molecule has 1 atom stereocenters. The first kappa shape index (κ1) is 13.3. The molecular formula is C13H16N2O4. The summed E-state index contributed by atoms with van der Waals surface area (Å²) in [7, 11) is 1.38. The van der Waals surface area contributed by atoms with Crippen molar-refractivity contribution in [3.8, 4) is 0 Å². The molecule has 1 aromatic rings. The van der Waals surface area contributed by atoms with Crippen molar-refractivity contribution in [3.05, 3.63) is 33.9 Å². The van der Waals surface area contributed by atoms with E-state index < -0.39 is 4.92 Å². The molecule has 0 spiro atoms. The fourth-order valence-electron chi connectivity index (χ4n) is 2.51. The van der Waals surface area contributed by atoms with Crippen molar-refractivity contribution in [2.45, 2.75) is 25.8 Å². The average molecular weight is 264 g/mol. The minimum Gasteiger partial charge on any atom is -0.467 e. The normalized spacial score (nSPS) is 18.4. The number of nitrogens with zero attached hydrogens (tertiary/aromatic N) is 2. The van der Waals surface area contributed by atoms with Crippen LogP contribution in [0.5, 0.6) is 0 Å². The van der Waals surface area contributed by atoms with E-state index in [-0.39, 0.29) is 17.7 Å². The van der Waals surface area contributed by atoms with Crippen LogP contribution >= 0.6 is 0 Å². The van der Waals surface area contributed by atoms with Crippen LogP contribution in [0.3, 0.4) is 0 Å². The lowest BCUT2D eigenvalue weighted by atomic mass is 10.1. The highest BCUT2D eigenvalue weighted by Crippen LogP contribution is 2.31. The van der Waals surface area contributed by atoms with Crippen LogP contribution in [0, 0.1) is 17.0 Å². The SMILES string of the molecule is COC(=O)C1CCCN1c1ccc([N+](=O)[O-])cc1C. The first-order chi connectivity index (χ1) is 9.04. The van der Waals surface area contributed by atoms with Crippen molar-refractivity contribution in [3.63, 3.8) is 0 Å². The van der Waals surface area contributed by atoms with Crippen molar-refractivity contribution in [2.24, 2.45) is 0 Å². The lowest BCUT2D eigenvalue weighted by Gasteiger charge is -2.26. The van der Waals surface area contributed by atoms with Gasteiger partial charge in [-0.25, -0.2) is 4.79 Å². The minimum absolute atomic E-state index is 0.0649. The van der Waals surface area contributed by atoms with Gasteiger partial charge in [0.1, 0.15) is 6.04 Å². The molecule has 6 heteroatoms. The number of rotatable bonds is 3. The van der Waals surface area contributed by atoms with E-state index in [2.05, 4.69) is 0 Å². The Kier molecular flexibility index (Phi) is 3.69. The molecule has 0 saturated carbocycles. The third kappa shape index (κ3) is 2.52. The van der Waals surface area contributed by atoms with E-state index in [0.717, 1.165) is 30.6 Å². The maximum absolute atomic E-state index is 11.7. The number of esters is 1. The van der Waals surface area contributed by atoms with Gasteiger partial charge in [-0.1, -0.05) is 0 Å². The Morgan fingerprint density at radius 2 is 2.26 bits per heavy atom. The summed E-state index contributed by atoms with van der Waals surface area (Å²) in [6.45, 7) is 2.58. The number of hydrogen-bond acceptors (Lipinski definition) is 5. The van der Waals surface area contributed by atoms with Gasteiger partial charge in [0.2, 0.25) is 0 Å². The maximum Gasteiger partial charge on any atom is 0.328 e. The van der Waals surface area contributed by atoms with Crippen LogP contribution in [-0.2, 0) is 9.53 Å². The molecule has 1 aromatic carbocycles. The molecule has 0 amide bonds. The molecule has 0 bridgehead atoms. The molecule has 1 unspecified atom stereocenters. The highest BCUT2D eigenvalue weighted by Gasteiger charge is 2.32. The molecule has 0 N–H and O–H groups in total. The summed E-state index contributed by atoms with van der Waals surface area (Å²) in [5, 5.41) is 10.7. The van der Waals surface area contributed by atoms with E-state index in [0.29, 0.717) is 0 Å². The molecule has 1 saturated heterocycles. The number of non-ortho nitro benzene ring substituents is 1. The van der Waals surface area contributed by atoms with Gasteiger partial charge in [0.05, 0.1) is 12.0 Å². The van der Waals surface area contributed by atoms with Crippen molar-refractivity contribution in [1.82, 2.24) is 0 Å². The number of aryl methyl sites for hydroxylation is 1. The van der Waals surface area contributed by atoms with Crippen molar-refractivity contribution in [1.29, 1.82) is 0 Å². The highest BCUT2D eigenvalue weighted by atomic mass is 16.6. The van der Waals surface area contributed by atoms with E-state index in [1.54, 1.807) is 6.07 Å². The Labute approximate surface area is 111 Å². The fraction of sp³-hybridized carbons (Fsp3) is 0.462. The summed E-state index contributed by atoms with van der Waals surface area (Å²) in [6, 6.07) is 4.41. The lowest BCUT2D eigenvalue weighted by Crippen LogP contribution is -2.37. The summed E-state index contributed by atoms with van der Waals surface area (Å²) in [5.74, 6) is -0.254. The van der Waals surface area contributed by atoms with E-state index in [4.69, 9.17) is 4.74 Å². The number of benzene rings is 1. The molecule has 1 fully saturated rings. The number of nitro groups is 1. The van der Waals surface area contributed by atoms with Crippen molar-refractivity contribution in [2.75, 3.05) is 18.6 Å². The molecule has 1 aliphatic rings. The predicted molar refractivity (Wildman–Crippen MR) is 70.2 cm³/mol. The smallest absolute Gasteiger partial charge is 0.328 e. The van der Waals surface area contributed by atoms with E-state index >= 15 is 0 Å². The summed E-state index contributed by atoms with van der Waals surface area (Å²) in [5.41, 5.74) is 1.72. The molecule has 6 nitrogen and oxygen atoms in total. The molecule has 0 aromatic heterocycles. The Balaban J connectivity index is 2.31. The van der Waals surface area contributed by atoms with Gasteiger partial charge in [-0.2, -0.15) is 0 Å². The minimum atomic E-state index is -0.418. The Bertz CT molecular complexity index is 515. The van der Waals surface area contributed by atoms with Gasteiger partial charge in [0.25, 0.3) is 5.69 Å². The summed E-state index contributed by atoms with van der Waals surface area (Å²) >= 11 is 0. The molecule has 1 heterocycles. The van der Waals surface area contributed by atoms with E-state index in [1.165, 1.54) is 19.2 Å². The Hall–Kier alpha value is -2.11. The van der Waals surface area contributed by atoms with Gasteiger partial charge in [0.15, 0.2) is 0 Å². The predicted octanol–water partition coefficient (Wildman–Crippen LogP) is 2.05. The van der Waals surface area contributed by atoms with E-state index in [1.807, 2.05) is 11.8 Å². The number of anilines is 1. The second-order valence-corrected chi connectivity index (χ2v) is 4.60. The standard InChI is InChI=1S/C13H16N2O4/c1-9-8-10(15(17)18)5-6-11(9)14-7-3-4-12(14)13(16)19-2/h5-6,8,12H,3-4,7H2,1-2H3. The number of methoxy groups -OCH3 is 1. The van der Waals surface area contributed by atoms with Gasteiger partial charge in [-0.15, -0.1) is 0 Å². The van der Waals surface area contributed by atoms with Gasteiger partial charge < -0.3 is 9.64 Å². The quantitative estimate of drug-likeness (QED) is 0.474. The van der Waals surface area contributed by atoms with Crippen LogP contribution in [0.1, 0.15) is 18.4 Å². The van der Waals surface area contributed by atoms with Crippen LogP contribution in [-0.4, -0.2) is 30.6 Å². The lowest BCUT2D eigenvalue weighted by molar-refractivity contribution is -0.384. The van der Waals surface area contributed by atoms with Gasteiger partial charge >= 0.3 is 5.97 Å². The monoisotopic (exact) mass is 264 g/mol. The zero-order chi connectivity index (χ0) is 14.0. The first-order valence-corrected chi connectivity index (χ1v) is 6.14. The van der Waals surface area contributed by atoms with Crippen molar-refractivity contribution < 1.29 is 14.5 Å². The third-order valence-electron chi connectivity index (χ3n) is 3.43. The van der Waals surface area contributed by atoms with Crippen LogP contribution in [0.4, 0.5) is 11.4 Å². The van der Waals surface area contributed by atoms with Crippen LogP contribution < -0.4 is 4.90 Å². The second-order valence-electron chi connectivity index (χ2n) is 4.60. The van der Waals surface area contributed by atoms with Gasteiger partial charge in [-0.05, 0) is 31.4 Å². The molecule has 19 heavy (non-hydrogen) atoms. The first-order valence-electron chi connectivity index (χ1n) is 6.14. The Morgan fingerprint density at radius 3 is 2.84 bits per heavy atom. The van der Waals surface area contributed by atoms with Gasteiger partial charge in [0, 0.05) is 24.4 Å². The maximum atomic E-state index is 11.7. The Morgan fingerprint density at radius 1 is 1.53 bits per heavy atom. The molecule has 1 aliphatic heterocycles. The largest absolute Gasteiger partial charge is 0.467 e. The molecule has 2 rings (SSSR count). The van der Waals surface area contributed by atoms with Crippen LogP contribution in [0.2, 0.25) is 0 Å².